The van der Waals surface area contributed by atoms with Crippen LogP contribution in [0.15, 0.2) is 48.5 Å². The minimum absolute atomic E-state index is 0.323. The first-order chi connectivity index (χ1) is 15.4. The second kappa shape index (κ2) is 9.14. The smallest absolute Gasteiger partial charge is 0.327 e. The number of esters is 1. The Morgan fingerprint density at radius 3 is 2.34 bits per heavy atom. The Balaban J connectivity index is 1.50. The fourth-order valence-electron chi connectivity index (χ4n) is 4.28. The number of carbonyl (C=O) groups is 3. The number of benzene rings is 2. The largest absolute Gasteiger partial charge is 0.468 e. The van der Waals surface area contributed by atoms with Gasteiger partial charge in [-0.3, -0.25) is 14.5 Å². The number of hydrogen-bond acceptors (Lipinski definition) is 5. The number of para-hydroxylation sites is 1. The van der Waals surface area contributed by atoms with Gasteiger partial charge in [0.2, 0.25) is 0 Å². The molecule has 0 saturated carbocycles. The molecule has 7 nitrogen and oxygen atoms in total. The lowest BCUT2D eigenvalue weighted by Crippen LogP contribution is -2.52. The number of ketones is 1. The number of nitrogens with zero attached hydrogens (tertiary/aromatic N) is 2. The Morgan fingerprint density at radius 1 is 1.00 bits per heavy atom. The summed E-state index contributed by atoms with van der Waals surface area (Å²) in [4.78, 5) is 45.3. The highest BCUT2D eigenvalue weighted by atomic mass is 35.5. The van der Waals surface area contributed by atoms with Crippen molar-refractivity contribution in [1.29, 1.82) is 0 Å². The van der Waals surface area contributed by atoms with Crippen LogP contribution in [0.4, 0.5) is 0 Å². The summed E-state index contributed by atoms with van der Waals surface area (Å²) >= 11 is 6.33. The van der Waals surface area contributed by atoms with Gasteiger partial charge in [-0.2, -0.15) is 0 Å². The molecule has 3 aromatic rings. The lowest BCUT2D eigenvalue weighted by Gasteiger charge is -2.38. The molecule has 0 aliphatic carbocycles. The highest BCUT2D eigenvalue weighted by molar-refractivity contribution is 6.45. The zero-order chi connectivity index (χ0) is 22.8. The zero-order valence-electron chi connectivity index (χ0n) is 17.9. The summed E-state index contributed by atoms with van der Waals surface area (Å²) in [6, 6.07) is 13.9. The number of H-pyrrole nitrogens is 1. The van der Waals surface area contributed by atoms with Crippen LogP contribution >= 0.6 is 11.6 Å². The van der Waals surface area contributed by atoms with Crippen molar-refractivity contribution in [2.24, 2.45) is 0 Å². The molecule has 8 heteroatoms. The lowest BCUT2D eigenvalue weighted by atomic mass is 10.0. The summed E-state index contributed by atoms with van der Waals surface area (Å²) in [6.45, 7) is 3.27. The number of aryl methyl sites for hydroxylation is 1. The molecular weight excluding hydrogens is 430 g/mol. The third-order valence-electron chi connectivity index (χ3n) is 5.91. The molecule has 1 atom stereocenters. The van der Waals surface area contributed by atoms with Gasteiger partial charge in [-0.1, -0.05) is 48.0 Å². The van der Waals surface area contributed by atoms with Gasteiger partial charge >= 0.3 is 5.97 Å². The summed E-state index contributed by atoms with van der Waals surface area (Å²) in [5, 5.41) is 1.22. The summed E-state index contributed by atoms with van der Waals surface area (Å²) < 4.78 is 5.01. The molecule has 2 aromatic carbocycles. The molecule has 1 saturated heterocycles. The minimum Gasteiger partial charge on any atom is -0.468 e. The number of aromatic amines is 1. The molecule has 1 amide bonds. The lowest BCUT2D eigenvalue weighted by molar-refractivity contribution is -0.148. The van der Waals surface area contributed by atoms with Gasteiger partial charge < -0.3 is 14.6 Å². The second-order valence-corrected chi connectivity index (χ2v) is 8.18. The second-order valence-electron chi connectivity index (χ2n) is 7.78. The van der Waals surface area contributed by atoms with Gasteiger partial charge in [0, 0.05) is 47.8 Å². The molecule has 166 valence electrons. The van der Waals surface area contributed by atoms with E-state index in [9.17, 15) is 14.4 Å². The molecule has 1 aliphatic rings. The summed E-state index contributed by atoms with van der Waals surface area (Å²) in [6.07, 6.45) is 0. The number of piperazine rings is 1. The van der Waals surface area contributed by atoms with E-state index in [1.54, 1.807) is 30.0 Å². The quantitative estimate of drug-likeness (QED) is 0.364. The van der Waals surface area contributed by atoms with E-state index in [0.717, 1.165) is 10.9 Å². The van der Waals surface area contributed by atoms with Crippen LogP contribution in [0.25, 0.3) is 10.9 Å². The summed E-state index contributed by atoms with van der Waals surface area (Å²) in [5.41, 5.74) is 2.57. The van der Waals surface area contributed by atoms with Gasteiger partial charge in [0.15, 0.2) is 0 Å². The molecule has 0 radical (unpaired) electrons. The SMILES string of the molecule is COC(=O)C(c1ccccc1Cl)N1CCN(C(=O)C(=O)c2c(C)[nH]c3ccccc23)CC1. The number of fused-ring (bicyclic) bond motifs is 1. The van der Waals surface area contributed by atoms with Crippen LogP contribution in [0.1, 0.15) is 27.7 Å². The van der Waals surface area contributed by atoms with Crippen molar-refractivity contribution in [1.82, 2.24) is 14.8 Å². The van der Waals surface area contributed by atoms with Crippen molar-refractivity contribution >= 4 is 40.2 Å². The topological polar surface area (TPSA) is 82.7 Å². The third-order valence-corrected chi connectivity index (χ3v) is 6.25. The Kier molecular flexibility index (Phi) is 6.30. The number of aromatic nitrogens is 1. The van der Waals surface area contributed by atoms with Gasteiger partial charge in [-0.15, -0.1) is 0 Å². The predicted molar refractivity (Wildman–Crippen MR) is 122 cm³/mol. The number of methoxy groups -OCH3 is 1. The molecule has 1 N–H and O–H groups in total. The van der Waals surface area contributed by atoms with Crippen LogP contribution < -0.4 is 0 Å². The van der Waals surface area contributed by atoms with E-state index in [1.165, 1.54) is 7.11 Å². The van der Waals surface area contributed by atoms with Crippen molar-refractivity contribution in [2.75, 3.05) is 33.3 Å². The average molecular weight is 454 g/mol. The van der Waals surface area contributed by atoms with Crippen LogP contribution in [-0.2, 0) is 14.3 Å². The van der Waals surface area contributed by atoms with Crippen LogP contribution in [-0.4, -0.2) is 65.7 Å². The Bertz CT molecular complexity index is 1180. The Hall–Kier alpha value is -3.16. The van der Waals surface area contributed by atoms with Gasteiger partial charge in [-0.25, -0.2) is 4.79 Å². The Morgan fingerprint density at radius 2 is 1.66 bits per heavy atom. The highest BCUT2D eigenvalue weighted by Gasteiger charge is 2.35. The zero-order valence-corrected chi connectivity index (χ0v) is 18.7. The van der Waals surface area contributed by atoms with E-state index in [0.29, 0.717) is 48.0 Å². The fraction of sp³-hybridized carbons (Fsp3) is 0.292. The first-order valence-corrected chi connectivity index (χ1v) is 10.8. The molecular formula is C24H24ClN3O4. The van der Waals surface area contributed by atoms with Crippen molar-refractivity contribution in [3.8, 4) is 0 Å². The number of Topliss-reactive ketones (excluding diaryl/α,β-unsaturated/α-hetero) is 1. The number of rotatable bonds is 5. The molecule has 1 aliphatic heterocycles. The maximum atomic E-state index is 13.1. The van der Waals surface area contributed by atoms with Crippen molar-refractivity contribution in [2.45, 2.75) is 13.0 Å². The number of amides is 1. The van der Waals surface area contributed by atoms with Crippen LogP contribution in [0.5, 0.6) is 0 Å². The first kappa shape index (κ1) is 22.0. The molecule has 1 unspecified atom stereocenters. The summed E-state index contributed by atoms with van der Waals surface area (Å²) in [7, 11) is 1.34. The monoisotopic (exact) mass is 453 g/mol. The minimum atomic E-state index is -0.669. The van der Waals surface area contributed by atoms with Gasteiger partial charge in [0.05, 0.1) is 12.7 Å². The Labute approximate surface area is 190 Å². The maximum absolute atomic E-state index is 13.1. The molecule has 4 rings (SSSR count). The van der Waals surface area contributed by atoms with E-state index in [1.807, 2.05) is 35.2 Å². The molecule has 1 fully saturated rings. The number of halogens is 1. The number of hydrogen-bond donors (Lipinski definition) is 1. The van der Waals surface area contributed by atoms with E-state index in [4.69, 9.17) is 16.3 Å². The van der Waals surface area contributed by atoms with Crippen LogP contribution in [0.2, 0.25) is 5.02 Å². The van der Waals surface area contributed by atoms with Crippen molar-refractivity contribution < 1.29 is 19.1 Å². The van der Waals surface area contributed by atoms with Crippen LogP contribution in [0.3, 0.4) is 0 Å². The fourth-order valence-corrected chi connectivity index (χ4v) is 4.52. The summed E-state index contributed by atoms with van der Waals surface area (Å²) in [5.74, 6) is -1.47. The van der Waals surface area contributed by atoms with Crippen molar-refractivity contribution in [3.05, 3.63) is 70.4 Å². The predicted octanol–water partition coefficient (Wildman–Crippen LogP) is 3.37. The normalized spacial score (nSPS) is 15.5. The molecule has 2 heterocycles. The number of ether oxygens (including phenoxy) is 1. The maximum Gasteiger partial charge on any atom is 0.327 e. The van der Waals surface area contributed by atoms with E-state index in [-0.39, 0.29) is 0 Å². The van der Waals surface area contributed by atoms with Gasteiger partial charge in [0.25, 0.3) is 11.7 Å². The molecule has 32 heavy (non-hydrogen) atoms. The standard InChI is InChI=1S/C24H24ClN3O4/c1-15-20(17-8-4-6-10-19(17)26-15)22(29)23(30)28-13-11-27(12-14-28)21(24(31)32-2)16-7-3-5-9-18(16)25/h3-10,21,26H,11-14H2,1-2H3. The molecule has 0 bridgehead atoms. The first-order valence-electron chi connectivity index (χ1n) is 10.4. The number of carbonyl (C=O) groups excluding carboxylic acids is 3. The van der Waals surface area contributed by atoms with Gasteiger partial charge in [0.1, 0.15) is 6.04 Å². The average Bonchev–Trinajstić information content (AvgIpc) is 3.15. The molecule has 1 aromatic heterocycles. The third kappa shape index (κ3) is 4.01. The van der Waals surface area contributed by atoms with Crippen molar-refractivity contribution in [3.63, 3.8) is 0 Å². The molecule has 0 spiro atoms. The van der Waals surface area contributed by atoms with Gasteiger partial charge in [-0.05, 0) is 24.6 Å². The van der Waals surface area contributed by atoms with E-state index < -0.39 is 23.7 Å². The van der Waals surface area contributed by atoms with Crippen LogP contribution in [0, 0.1) is 6.92 Å². The number of nitrogens with one attached hydrogen (secondary N) is 1. The van der Waals surface area contributed by atoms with E-state index in [2.05, 4.69) is 4.98 Å². The van der Waals surface area contributed by atoms with E-state index >= 15 is 0 Å². The highest BCUT2D eigenvalue weighted by Crippen LogP contribution is 2.30.